The zero-order valence-corrected chi connectivity index (χ0v) is 14.2. The molecular weight excluding hydrogens is 330 g/mol. The molecule has 0 radical (unpaired) electrons. The van der Waals surface area contributed by atoms with Crippen LogP contribution >= 0.6 is 0 Å². The molecule has 1 aliphatic carbocycles. The van der Waals surface area contributed by atoms with Gasteiger partial charge in [-0.05, 0) is 31.0 Å². The third-order valence-corrected chi connectivity index (χ3v) is 4.37. The molecule has 26 heavy (non-hydrogen) atoms. The van der Waals surface area contributed by atoms with E-state index in [4.69, 9.17) is 4.74 Å². The summed E-state index contributed by atoms with van der Waals surface area (Å²) >= 11 is 0. The summed E-state index contributed by atoms with van der Waals surface area (Å²) in [6.45, 7) is 0. The standard InChI is InChI=1S/C19H19N5O2/c25-18(17-10-11-24(23-17)14-6-4-5-7-14)22-19-20-12-16(13-21-19)26-15-8-2-1-3-9-15/h1-3,8-14H,4-7H2,(H,20,21,22,25). The van der Waals surface area contributed by atoms with Crippen LogP contribution in [-0.4, -0.2) is 25.7 Å². The Kier molecular flexibility index (Phi) is 4.59. The van der Waals surface area contributed by atoms with Gasteiger partial charge in [-0.25, -0.2) is 9.97 Å². The zero-order valence-electron chi connectivity index (χ0n) is 14.2. The minimum absolute atomic E-state index is 0.214. The average Bonchev–Trinajstić information content (AvgIpc) is 3.36. The summed E-state index contributed by atoms with van der Waals surface area (Å²) in [5, 5.41) is 7.05. The molecule has 0 aliphatic heterocycles. The Balaban J connectivity index is 1.38. The molecular formula is C19H19N5O2. The van der Waals surface area contributed by atoms with Gasteiger partial charge in [0.1, 0.15) is 5.75 Å². The van der Waals surface area contributed by atoms with Gasteiger partial charge in [0.15, 0.2) is 11.4 Å². The normalized spacial score (nSPS) is 14.3. The van der Waals surface area contributed by atoms with E-state index in [0.29, 0.717) is 23.2 Å². The molecule has 4 rings (SSSR count). The molecule has 0 unspecified atom stereocenters. The van der Waals surface area contributed by atoms with Crippen LogP contribution in [0.3, 0.4) is 0 Å². The summed E-state index contributed by atoms with van der Waals surface area (Å²) in [6, 6.07) is 11.5. The van der Waals surface area contributed by atoms with Crippen LogP contribution in [0.4, 0.5) is 5.95 Å². The lowest BCUT2D eigenvalue weighted by atomic mass is 10.3. The Morgan fingerprint density at radius 1 is 1.04 bits per heavy atom. The first kappa shape index (κ1) is 16.3. The molecule has 0 bridgehead atoms. The molecule has 2 aromatic heterocycles. The predicted molar refractivity (Wildman–Crippen MR) is 96.2 cm³/mol. The van der Waals surface area contributed by atoms with Crippen molar-refractivity contribution in [3.63, 3.8) is 0 Å². The van der Waals surface area contributed by atoms with Crippen molar-refractivity contribution in [3.05, 3.63) is 60.7 Å². The highest BCUT2D eigenvalue weighted by molar-refractivity contribution is 6.01. The van der Waals surface area contributed by atoms with Crippen LogP contribution in [0.1, 0.15) is 42.2 Å². The molecule has 1 saturated carbocycles. The van der Waals surface area contributed by atoms with Crippen LogP contribution in [0.2, 0.25) is 0 Å². The number of hydrogen-bond acceptors (Lipinski definition) is 5. The van der Waals surface area contributed by atoms with Crippen molar-refractivity contribution in [1.29, 1.82) is 0 Å². The highest BCUT2D eigenvalue weighted by Gasteiger charge is 2.19. The van der Waals surface area contributed by atoms with Gasteiger partial charge in [-0.2, -0.15) is 5.10 Å². The van der Waals surface area contributed by atoms with Gasteiger partial charge in [0, 0.05) is 6.20 Å². The molecule has 2 heterocycles. The van der Waals surface area contributed by atoms with Gasteiger partial charge >= 0.3 is 0 Å². The van der Waals surface area contributed by atoms with E-state index in [2.05, 4.69) is 20.4 Å². The number of benzene rings is 1. The van der Waals surface area contributed by atoms with Gasteiger partial charge < -0.3 is 4.74 Å². The van der Waals surface area contributed by atoms with E-state index in [0.717, 1.165) is 12.8 Å². The molecule has 0 spiro atoms. The van der Waals surface area contributed by atoms with Crippen molar-refractivity contribution in [3.8, 4) is 11.5 Å². The molecule has 0 saturated heterocycles. The van der Waals surface area contributed by atoms with Crippen LogP contribution in [0.15, 0.2) is 55.0 Å². The molecule has 7 heteroatoms. The summed E-state index contributed by atoms with van der Waals surface area (Å²) in [7, 11) is 0. The summed E-state index contributed by atoms with van der Waals surface area (Å²) in [5.74, 6) is 1.09. The minimum atomic E-state index is -0.321. The molecule has 3 aromatic rings. The summed E-state index contributed by atoms with van der Waals surface area (Å²) in [4.78, 5) is 20.6. The van der Waals surface area contributed by atoms with Crippen molar-refractivity contribution in [1.82, 2.24) is 19.7 Å². The molecule has 132 valence electrons. The molecule has 0 atom stereocenters. The maximum atomic E-state index is 12.3. The van der Waals surface area contributed by atoms with E-state index in [1.807, 2.05) is 41.2 Å². The molecule has 1 aliphatic rings. The zero-order chi connectivity index (χ0) is 17.8. The van der Waals surface area contributed by atoms with Crippen molar-refractivity contribution < 1.29 is 9.53 Å². The maximum Gasteiger partial charge on any atom is 0.278 e. The number of amides is 1. The second kappa shape index (κ2) is 7.35. The number of rotatable bonds is 5. The molecule has 1 amide bonds. The fourth-order valence-electron chi connectivity index (χ4n) is 3.05. The second-order valence-electron chi connectivity index (χ2n) is 6.23. The Morgan fingerprint density at radius 2 is 1.77 bits per heavy atom. The van der Waals surface area contributed by atoms with Gasteiger partial charge in [-0.3, -0.25) is 14.8 Å². The first-order valence-corrected chi connectivity index (χ1v) is 8.69. The number of para-hydroxylation sites is 1. The Bertz CT molecular complexity index is 870. The smallest absolute Gasteiger partial charge is 0.278 e. The van der Waals surface area contributed by atoms with Crippen LogP contribution in [0.5, 0.6) is 11.5 Å². The maximum absolute atomic E-state index is 12.3. The van der Waals surface area contributed by atoms with Crippen molar-refractivity contribution >= 4 is 11.9 Å². The highest BCUT2D eigenvalue weighted by Crippen LogP contribution is 2.28. The van der Waals surface area contributed by atoms with Crippen LogP contribution in [0.25, 0.3) is 0 Å². The third-order valence-electron chi connectivity index (χ3n) is 4.37. The topological polar surface area (TPSA) is 81.9 Å². The van der Waals surface area contributed by atoms with Gasteiger partial charge in [0.25, 0.3) is 5.91 Å². The molecule has 1 fully saturated rings. The van der Waals surface area contributed by atoms with E-state index < -0.39 is 0 Å². The lowest BCUT2D eigenvalue weighted by Gasteiger charge is -2.08. The lowest BCUT2D eigenvalue weighted by molar-refractivity contribution is 0.102. The van der Waals surface area contributed by atoms with Gasteiger partial charge in [0.05, 0.1) is 18.4 Å². The van der Waals surface area contributed by atoms with Gasteiger partial charge in [0.2, 0.25) is 5.95 Å². The number of nitrogens with one attached hydrogen (secondary N) is 1. The number of hydrogen-bond donors (Lipinski definition) is 1. The number of carbonyl (C=O) groups excluding carboxylic acids is 1. The summed E-state index contributed by atoms with van der Waals surface area (Å²) in [6.07, 6.45) is 9.58. The van der Waals surface area contributed by atoms with Crippen LogP contribution in [0, 0.1) is 0 Å². The number of ether oxygens (including phenoxy) is 1. The number of carbonyl (C=O) groups is 1. The quantitative estimate of drug-likeness (QED) is 0.757. The van der Waals surface area contributed by atoms with Crippen molar-refractivity contribution in [2.24, 2.45) is 0 Å². The monoisotopic (exact) mass is 349 g/mol. The number of nitrogens with zero attached hydrogens (tertiary/aromatic N) is 4. The van der Waals surface area contributed by atoms with Gasteiger partial charge in [-0.15, -0.1) is 0 Å². The Labute approximate surface area is 151 Å². The summed E-state index contributed by atoms with van der Waals surface area (Å²) < 4.78 is 7.52. The van der Waals surface area contributed by atoms with Crippen LogP contribution < -0.4 is 10.1 Å². The van der Waals surface area contributed by atoms with E-state index in [9.17, 15) is 4.79 Å². The number of anilines is 1. The largest absolute Gasteiger partial charge is 0.454 e. The van der Waals surface area contributed by atoms with E-state index in [1.54, 1.807) is 6.07 Å². The lowest BCUT2D eigenvalue weighted by Crippen LogP contribution is -2.16. The molecule has 1 aromatic carbocycles. The van der Waals surface area contributed by atoms with E-state index in [1.165, 1.54) is 25.2 Å². The highest BCUT2D eigenvalue weighted by atomic mass is 16.5. The fraction of sp³-hybridized carbons (Fsp3) is 0.263. The van der Waals surface area contributed by atoms with E-state index in [-0.39, 0.29) is 11.9 Å². The molecule has 7 nitrogen and oxygen atoms in total. The fourth-order valence-corrected chi connectivity index (χ4v) is 3.05. The van der Waals surface area contributed by atoms with Crippen LogP contribution in [-0.2, 0) is 0 Å². The second-order valence-corrected chi connectivity index (χ2v) is 6.23. The van der Waals surface area contributed by atoms with Crippen molar-refractivity contribution in [2.75, 3.05) is 5.32 Å². The van der Waals surface area contributed by atoms with Crippen molar-refractivity contribution in [2.45, 2.75) is 31.7 Å². The number of aromatic nitrogens is 4. The first-order valence-electron chi connectivity index (χ1n) is 8.69. The Morgan fingerprint density at radius 3 is 2.50 bits per heavy atom. The Hall–Kier alpha value is -3.22. The average molecular weight is 349 g/mol. The first-order chi connectivity index (χ1) is 12.8. The minimum Gasteiger partial charge on any atom is -0.454 e. The summed E-state index contributed by atoms with van der Waals surface area (Å²) in [5.41, 5.74) is 0.366. The molecule has 1 N–H and O–H groups in total. The SMILES string of the molecule is O=C(Nc1ncc(Oc2ccccc2)cn1)c1ccn(C2CCCC2)n1. The van der Waals surface area contributed by atoms with Gasteiger partial charge in [-0.1, -0.05) is 31.0 Å². The third kappa shape index (κ3) is 3.72. The van der Waals surface area contributed by atoms with E-state index >= 15 is 0 Å². The predicted octanol–water partition coefficient (Wildman–Crippen LogP) is 3.83.